The summed E-state index contributed by atoms with van der Waals surface area (Å²) in [5, 5.41) is 0. The topological polar surface area (TPSA) is 60.9 Å². The van der Waals surface area contributed by atoms with Crippen LogP contribution in [-0.4, -0.2) is 60.2 Å². The molecular weight excluding hydrogens is 390 g/mol. The van der Waals surface area contributed by atoms with Gasteiger partial charge in [-0.15, -0.1) is 0 Å². The molecule has 0 aromatic heterocycles. The Morgan fingerprint density at radius 3 is 2.13 bits per heavy atom. The second kappa shape index (κ2) is 9.41. The van der Waals surface area contributed by atoms with E-state index in [4.69, 9.17) is 0 Å². The first-order chi connectivity index (χ1) is 15.0. The molecule has 168 valence electrons. The summed E-state index contributed by atoms with van der Waals surface area (Å²) in [5.41, 5.74) is 3.16. The molecule has 6 heteroatoms. The predicted octanol–water partition coefficient (Wildman–Crippen LogP) is 3.30. The zero-order valence-corrected chi connectivity index (χ0v) is 18.9. The summed E-state index contributed by atoms with van der Waals surface area (Å²) in [6, 6.07) is 5.97. The number of hydrogen-bond acceptors (Lipinski definition) is 3. The van der Waals surface area contributed by atoms with E-state index in [0.29, 0.717) is 19.6 Å². The Morgan fingerprint density at radius 2 is 1.45 bits per heavy atom. The van der Waals surface area contributed by atoms with E-state index < -0.39 is 0 Å². The molecule has 0 bridgehead atoms. The zero-order chi connectivity index (χ0) is 22.0. The van der Waals surface area contributed by atoms with E-state index in [9.17, 15) is 14.4 Å². The zero-order valence-electron chi connectivity index (χ0n) is 18.9. The summed E-state index contributed by atoms with van der Waals surface area (Å²) in [6.07, 6.45) is 6.40. The van der Waals surface area contributed by atoms with E-state index >= 15 is 0 Å². The highest BCUT2D eigenvalue weighted by Gasteiger charge is 2.39. The Labute approximate surface area is 185 Å². The van der Waals surface area contributed by atoms with Crippen LogP contribution in [-0.2, 0) is 14.4 Å². The van der Waals surface area contributed by atoms with Crippen LogP contribution >= 0.6 is 0 Å². The molecule has 1 aromatic carbocycles. The molecule has 3 aliphatic heterocycles. The van der Waals surface area contributed by atoms with Gasteiger partial charge < -0.3 is 14.7 Å². The van der Waals surface area contributed by atoms with Crippen molar-refractivity contribution < 1.29 is 14.4 Å². The number of amides is 3. The van der Waals surface area contributed by atoms with Gasteiger partial charge >= 0.3 is 0 Å². The summed E-state index contributed by atoms with van der Waals surface area (Å²) in [6.45, 7) is 7.54. The number of aryl methyl sites for hydroxylation is 1. The lowest BCUT2D eigenvalue weighted by atomic mass is 9.94. The maximum Gasteiger partial charge on any atom is 0.228 e. The first-order valence-electron chi connectivity index (χ1n) is 11.9. The molecule has 0 spiro atoms. The van der Waals surface area contributed by atoms with Crippen LogP contribution in [0, 0.1) is 25.7 Å². The quantitative estimate of drug-likeness (QED) is 0.747. The predicted molar refractivity (Wildman–Crippen MR) is 121 cm³/mol. The van der Waals surface area contributed by atoms with Crippen LogP contribution in [0.4, 0.5) is 5.69 Å². The summed E-state index contributed by atoms with van der Waals surface area (Å²) in [4.78, 5) is 44.5. The Kier molecular flexibility index (Phi) is 6.63. The van der Waals surface area contributed by atoms with E-state index in [1.807, 2.05) is 41.8 Å². The molecule has 3 amide bonds. The summed E-state index contributed by atoms with van der Waals surface area (Å²) >= 11 is 0. The van der Waals surface area contributed by atoms with Crippen LogP contribution in [0.25, 0.3) is 0 Å². The number of benzene rings is 1. The van der Waals surface area contributed by atoms with Gasteiger partial charge in [-0.1, -0.05) is 25.0 Å². The van der Waals surface area contributed by atoms with E-state index in [2.05, 4.69) is 0 Å². The third kappa shape index (κ3) is 4.63. The normalized spacial score (nSPS) is 23.2. The molecule has 3 fully saturated rings. The molecular formula is C25H35N3O3. The molecule has 0 aliphatic carbocycles. The largest absolute Gasteiger partial charge is 0.342 e. The van der Waals surface area contributed by atoms with Gasteiger partial charge in [-0.05, 0) is 56.7 Å². The van der Waals surface area contributed by atoms with E-state index in [1.54, 1.807) is 4.90 Å². The Bertz CT molecular complexity index is 836. The van der Waals surface area contributed by atoms with Crippen LogP contribution in [0.2, 0.25) is 0 Å². The van der Waals surface area contributed by atoms with E-state index in [-0.39, 0.29) is 36.0 Å². The minimum atomic E-state index is -0.287. The molecule has 3 aliphatic rings. The molecule has 3 saturated heterocycles. The highest BCUT2D eigenvalue weighted by Crippen LogP contribution is 2.31. The first kappa shape index (κ1) is 21.8. The van der Waals surface area contributed by atoms with Gasteiger partial charge in [0.05, 0.1) is 5.92 Å². The van der Waals surface area contributed by atoms with E-state index in [0.717, 1.165) is 55.6 Å². The van der Waals surface area contributed by atoms with Gasteiger partial charge in [-0.2, -0.15) is 0 Å². The average Bonchev–Trinajstić information content (AvgIpc) is 2.98. The number of anilines is 1. The lowest BCUT2D eigenvalue weighted by molar-refractivity contribution is -0.142. The van der Waals surface area contributed by atoms with Crippen molar-refractivity contribution in [3.8, 4) is 0 Å². The molecule has 3 heterocycles. The molecule has 0 saturated carbocycles. The maximum atomic E-state index is 13.2. The first-order valence-corrected chi connectivity index (χ1v) is 11.9. The van der Waals surface area contributed by atoms with Crippen LogP contribution in [0.3, 0.4) is 0 Å². The van der Waals surface area contributed by atoms with Crippen molar-refractivity contribution in [2.24, 2.45) is 11.8 Å². The van der Waals surface area contributed by atoms with Gasteiger partial charge in [0.25, 0.3) is 0 Å². The number of carbonyl (C=O) groups is 3. The summed E-state index contributed by atoms with van der Waals surface area (Å²) in [7, 11) is 0. The van der Waals surface area contributed by atoms with Gasteiger partial charge in [-0.25, -0.2) is 0 Å². The van der Waals surface area contributed by atoms with Crippen LogP contribution in [0.5, 0.6) is 0 Å². The number of hydrogen-bond donors (Lipinski definition) is 0. The standard InChI is InChI=1S/C25H35N3O3/c1-18-8-7-9-22(19(18)2)28-17-21(16-23(28)29)25(31)27-14-10-20(11-15-27)24(30)26-12-5-3-4-6-13-26/h7-9,20-21H,3-6,10-17H2,1-2H3/t21-/m1/s1. The number of rotatable bonds is 3. The second-order valence-corrected chi connectivity index (χ2v) is 9.46. The number of nitrogens with zero attached hydrogens (tertiary/aromatic N) is 3. The molecule has 31 heavy (non-hydrogen) atoms. The molecule has 1 aromatic rings. The molecule has 6 nitrogen and oxygen atoms in total. The van der Waals surface area contributed by atoms with E-state index in [1.165, 1.54) is 12.8 Å². The number of piperidine rings is 1. The fourth-order valence-corrected chi connectivity index (χ4v) is 5.29. The van der Waals surface area contributed by atoms with Crippen molar-refractivity contribution in [3.05, 3.63) is 29.3 Å². The fourth-order valence-electron chi connectivity index (χ4n) is 5.29. The number of likely N-dealkylation sites (tertiary alicyclic amines) is 2. The molecule has 4 rings (SSSR count). The maximum absolute atomic E-state index is 13.2. The van der Waals surface area contributed by atoms with Crippen molar-refractivity contribution in [2.45, 2.75) is 58.8 Å². The highest BCUT2D eigenvalue weighted by atomic mass is 16.2. The van der Waals surface area contributed by atoms with Crippen molar-refractivity contribution in [3.63, 3.8) is 0 Å². The minimum Gasteiger partial charge on any atom is -0.342 e. The SMILES string of the molecule is Cc1cccc(N2C[C@H](C(=O)N3CCC(C(=O)N4CCCCCC4)CC3)CC2=O)c1C. The molecule has 1 atom stereocenters. The van der Waals surface area contributed by atoms with Gasteiger partial charge in [-0.3, -0.25) is 14.4 Å². The average molecular weight is 426 g/mol. The monoisotopic (exact) mass is 425 g/mol. The molecule has 0 unspecified atom stereocenters. The summed E-state index contributed by atoms with van der Waals surface area (Å²) in [5.74, 6) is 0.135. The van der Waals surface area contributed by atoms with Crippen molar-refractivity contribution in [1.29, 1.82) is 0 Å². The highest BCUT2D eigenvalue weighted by molar-refractivity contribution is 6.01. The Morgan fingerprint density at radius 1 is 0.839 bits per heavy atom. The van der Waals surface area contributed by atoms with Crippen molar-refractivity contribution in [2.75, 3.05) is 37.6 Å². The lowest BCUT2D eigenvalue weighted by Gasteiger charge is -2.35. The van der Waals surface area contributed by atoms with Crippen LogP contribution < -0.4 is 4.90 Å². The van der Waals surface area contributed by atoms with Gasteiger partial charge in [0.2, 0.25) is 17.7 Å². The lowest BCUT2D eigenvalue weighted by Crippen LogP contribution is -2.46. The number of carbonyl (C=O) groups excluding carboxylic acids is 3. The van der Waals surface area contributed by atoms with Gasteiger partial charge in [0.1, 0.15) is 0 Å². The second-order valence-electron chi connectivity index (χ2n) is 9.46. The Balaban J connectivity index is 1.33. The van der Waals surface area contributed by atoms with Gasteiger partial charge in [0.15, 0.2) is 0 Å². The molecule has 0 radical (unpaired) electrons. The Hall–Kier alpha value is -2.37. The van der Waals surface area contributed by atoms with Crippen LogP contribution in [0.1, 0.15) is 56.1 Å². The van der Waals surface area contributed by atoms with Crippen molar-refractivity contribution in [1.82, 2.24) is 9.80 Å². The van der Waals surface area contributed by atoms with Crippen LogP contribution in [0.15, 0.2) is 18.2 Å². The van der Waals surface area contributed by atoms with Crippen molar-refractivity contribution >= 4 is 23.4 Å². The third-order valence-electron chi connectivity index (χ3n) is 7.41. The fraction of sp³-hybridized carbons (Fsp3) is 0.640. The summed E-state index contributed by atoms with van der Waals surface area (Å²) < 4.78 is 0. The smallest absolute Gasteiger partial charge is 0.228 e. The minimum absolute atomic E-state index is 0.0262. The van der Waals surface area contributed by atoms with Gasteiger partial charge in [0, 0.05) is 50.7 Å². The molecule has 0 N–H and O–H groups in total. The third-order valence-corrected chi connectivity index (χ3v) is 7.41.